The molecule has 0 aliphatic carbocycles. The summed E-state index contributed by atoms with van der Waals surface area (Å²) in [6, 6.07) is 4.04. The Morgan fingerprint density at radius 2 is 2.20 bits per heavy atom. The van der Waals surface area contributed by atoms with Gasteiger partial charge in [0, 0.05) is 17.0 Å². The predicted octanol–water partition coefficient (Wildman–Crippen LogP) is 2.22. The molecule has 1 N–H and O–H groups in total. The van der Waals surface area contributed by atoms with E-state index in [0.29, 0.717) is 11.3 Å². The Balaban J connectivity index is 2.58. The van der Waals surface area contributed by atoms with Crippen molar-refractivity contribution < 1.29 is 14.8 Å². The summed E-state index contributed by atoms with van der Waals surface area (Å²) >= 11 is 6.53. The van der Waals surface area contributed by atoms with Gasteiger partial charge in [-0.1, -0.05) is 29.0 Å². The lowest BCUT2D eigenvalue weighted by Crippen LogP contribution is -2.19. The lowest BCUT2D eigenvalue weighted by molar-refractivity contribution is -0.384. The largest absolute Gasteiger partial charge is 0.480 e. The van der Waals surface area contributed by atoms with Crippen LogP contribution < -0.4 is 4.87 Å². The van der Waals surface area contributed by atoms with Gasteiger partial charge in [0.15, 0.2) is 0 Å². The molecule has 0 aliphatic rings. The second-order valence-corrected chi connectivity index (χ2v) is 5.02. The van der Waals surface area contributed by atoms with Crippen molar-refractivity contribution in [1.29, 1.82) is 0 Å². The van der Waals surface area contributed by atoms with Crippen molar-refractivity contribution in [2.24, 2.45) is 0 Å². The highest BCUT2D eigenvalue weighted by molar-refractivity contribution is 7.07. The molecule has 0 aliphatic heterocycles. The normalized spacial score (nSPS) is 10.4. The van der Waals surface area contributed by atoms with Crippen LogP contribution in [0.3, 0.4) is 0 Å². The maximum absolute atomic E-state index is 11.6. The van der Waals surface area contributed by atoms with Crippen molar-refractivity contribution in [3.05, 3.63) is 48.4 Å². The third-order valence-electron chi connectivity index (χ3n) is 2.51. The zero-order valence-electron chi connectivity index (χ0n) is 9.78. The maximum Gasteiger partial charge on any atom is 0.323 e. The fraction of sp³-hybridized carbons (Fsp3) is 0.0909. The second-order valence-electron chi connectivity index (χ2n) is 3.79. The third kappa shape index (κ3) is 2.70. The average molecular weight is 315 g/mol. The molecule has 0 amide bonds. The minimum absolute atomic E-state index is 0.0267. The summed E-state index contributed by atoms with van der Waals surface area (Å²) in [5.41, 5.74) is 0.368. The number of aliphatic carboxylic acids is 1. The molecule has 1 aromatic heterocycles. The SMILES string of the molecule is O=C(O)Cn1c(-c2ccc(Cl)c([N+](=O)[O-])c2)csc1=O. The molecular formula is C11H7ClN2O5S. The maximum atomic E-state index is 11.6. The average Bonchev–Trinajstić information content (AvgIpc) is 2.71. The molecule has 0 radical (unpaired) electrons. The molecule has 1 heterocycles. The number of nitro groups is 1. The van der Waals surface area contributed by atoms with E-state index in [0.717, 1.165) is 15.9 Å². The van der Waals surface area contributed by atoms with Crippen LogP contribution in [0, 0.1) is 10.1 Å². The predicted molar refractivity (Wildman–Crippen MR) is 73.3 cm³/mol. The van der Waals surface area contributed by atoms with Crippen LogP contribution in [-0.4, -0.2) is 20.6 Å². The first-order chi connectivity index (χ1) is 9.40. The van der Waals surface area contributed by atoms with Crippen LogP contribution in [0.5, 0.6) is 0 Å². The van der Waals surface area contributed by atoms with E-state index in [1.807, 2.05) is 0 Å². The Hall–Kier alpha value is -2.19. The molecule has 0 bridgehead atoms. The Kier molecular flexibility index (Phi) is 3.86. The van der Waals surface area contributed by atoms with E-state index in [-0.39, 0.29) is 10.7 Å². The van der Waals surface area contributed by atoms with Gasteiger partial charge in [-0.15, -0.1) is 0 Å². The van der Waals surface area contributed by atoms with E-state index in [9.17, 15) is 19.7 Å². The lowest BCUT2D eigenvalue weighted by atomic mass is 10.1. The number of rotatable bonds is 4. The van der Waals surface area contributed by atoms with E-state index >= 15 is 0 Å². The molecule has 0 fully saturated rings. The molecule has 0 saturated carbocycles. The van der Waals surface area contributed by atoms with Gasteiger partial charge < -0.3 is 5.11 Å². The molecule has 2 rings (SSSR count). The van der Waals surface area contributed by atoms with Gasteiger partial charge in [0.1, 0.15) is 11.6 Å². The number of nitrogens with zero attached hydrogens (tertiary/aromatic N) is 2. The molecule has 2 aromatic rings. The Bertz CT molecular complexity index is 752. The van der Waals surface area contributed by atoms with Crippen molar-refractivity contribution in [3.63, 3.8) is 0 Å². The number of benzene rings is 1. The first-order valence-corrected chi connectivity index (χ1v) is 6.50. The van der Waals surface area contributed by atoms with Crippen molar-refractivity contribution in [2.75, 3.05) is 0 Å². The first-order valence-electron chi connectivity index (χ1n) is 5.24. The van der Waals surface area contributed by atoms with Crippen LogP contribution in [0.15, 0.2) is 28.4 Å². The van der Waals surface area contributed by atoms with Crippen molar-refractivity contribution >= 4 is 34.6 Å². The molecule has 0 atom stereocenters. The van der Waals surface area contributed by atoms with E-state index in [1.54, 1.807) is 0 Å². The third-order valence-corrected chi connectivity index (χ3v) is 3.60. The number of hydrogen-bond donors (Lipinski definition) is 1. The van der Waals surface area contributed by atoms with Crippen LogP contribution in [0.1, 0.15) is 0 Å². The highest BCUT2D eigenvalue weighted by Crippen LogP contribution is 2.30. The van der Waals surface area contributed by atoms with Crippen molar-refractivity contribution in [3.8, 4) is 11.3 Å². The van der Waals surface area contributed by atoms with Crippen molar-refractivity contribution in [2.45, 2.75) is 6.54 Å². The Morgan fingerprint density at radius 1 is 1.50 bits per heavy atom. The minimum Gasteiger partial charge on any atom is -0.480 e. The monoisotopic (exact) mass is 314 g/mol. The zero-order chi connectivity index (χ0) is 14.9. The first kappa shape index (κ1) is 14.2. The van der Waals surface area contributed by atoms with Gasteiger partial charge in [-0.25, -0.2) is 0 Å². The number of nitro benzene ring substituents is 1. The fourth-order valence-corrected chi connectivity index (χ4v) is 2.61. The van der Waals surface area contributed by atoms with Gasteiger partial charge in [0.05, 0.1) is 10.6 Å². The minimum atomic E-state index is -1.17. The van der Waals surface area contributed by atoms with Crippen LogP contribution in [0.2, 0.25) is 5.02 Å². The molecule has 1 aromatic carbocycles. The summed E-state index contributed by atoms with van der Waals surface area (Å²) in [6.07, 6.45) is 0. The van der Waals surface area contributed by atoms with Crippen LogP contribution in [0.4, 0.5) is 5.69 Å². The number of thiazole rings is 1. The highest BCUT2D eigenvalue weighted by atomic mass is 35.5. The molecule has 9 heteroatoms. The van der Waals surface area contributed by atoms with Crippen LogP contribution in [-0.2, 0) is 11.3 Å². The van der Waals surface area contributed by atoms with Gasteiger partial charge >= 0.3 is 10.8 Å². The number of aromatic nitrogens is 1. The highest BCUT2D eigenvalue weighted by Gasteiger charge is 2.17. The van der Waals surface area contributed by atoms with E-state index in [4.69, 9.17) is 16.7 Å². The quantitative estimate of drug-likeness (QED) is 0.688. The second kappa shape index (κ2) is 5.43. The summed E-state index contributed by atoms with van der Waals surface area (Å²) in [5.74, 6) is -1.17. The van der Waals surface area contributed by atoms with E-state index in [2.05, 4.69) is 0 Å². The smallest absolute Gasteiger partial charge is 0.323 e. The molecule has 20 heavy (non-hydrogen) atoms. The van der Waals surface area contributed by atoms with E-state index < -0.39 is 22.3 Å². The molecule has 0 unspecified atom stereocenters. The molecule has 104 valence electrons. The standard InChI is InChI=1S/C11H7ClN2O5S/c12-7-2-1-6(3-8(7)14(18)19)9-5-20-11(17)13(9)4-10(15)16/h1-3,5H,4H2,(H,15,16). The van der Waals surface area contributed by atoms with Gasteiger partial charge in [0.25, 0.3) is 5.69 Å². The Labute approximate surface area is 120 Å². The fourth-order valence-electron chi connectivity index (χ4n) is 1.65. The van der Waals surface area contributed by atoms with Gasteiger partial charge in [-0.2, -0.15) is 0 Å². The lowest BCUT2D eigenvalue weighted by Gasteiger charge is -2.05. The summed E-state index contributed by atoms with van der Waals surface area (Å²) in [5, 5.41) is 21.0. The van der Waals surface area contributed by atoms with Gasteiger partial charge in [-0.05, 0) is 6.07 Å². The summed E-state index contributed by atoms with van der Waals surface area (Å²) < 4.78 is 1.04. The zero-order valence-corrected chi connectivity index (χ0v) is 11.3. The summed E-state index contributed by atoms with van der Waals surface area (Å²) in [4.78, 5) is 32.1. The van der Waals surface area contributed by atoms with Crippen molar-refractivity contribution in [1.82, 2.24) is 4.57 Å². The van der Waals surface area contributed by atoms with Gasteiger partial charge in [-0.3, -0.25) is 24.3 Å². The summed E-state index contributed by atoms with van der Waals surface area (Å²) in [6.45, 7) is -0.506. The Morgan fingerprint density at radius 3 is 2.80 bits per heavy atom. The number of hydrogen-bond acceptors (Lipinski definition) is 5. The number of carboxylic acids is 1. The summed E-state index contributed by atoms with van der Waals surface area (Å²) in [7, 11) is 0. The topological polar surface area (TPSA) is 102 Å². The number of carboxylic acid groups (broad SMARTS) is 1. The van der Waals surface area contributed by atoms with Crippen LogP contribution >= 0.6 is 22.9 Å². The number of carbonyl (C=O) groups is 1. The molecule has 0 saturated heterocycles. The molecule has 7 nitrogen and oxygen atoms in total. The molecule has 0 spiro atoms. The van der Waals surface area contributed by atoms with Crippen LogP contribution in [0.25, 0.3) is 11.3 Å². The molecular weight excluding hydrogens is 308 g/mol. The number of halogens is 1. The van der Waals surface area contributed by atoms with Gasteiger partial charge in [0.2, 0.25) is 0 Å². The van der Waals surface area contributed by atoms with E-state index in [1.165, 1.54) is 23.6 Å².